The topological polar surface area (TPSA) is 87.3 Å². The van der Waals surface area contributed by atoms with Crippen molar-refractivity contribution < 1.29 is 18.4 Å². The van der Waals surface area contributed by atoms with Crippen LogP contribution in [0.1, 0.15) is 35.6 Å². The van der Waals surface area contributed by atoms with Gasteiger partial charge in [0.25, 0.3) is 0 Å². The minimum atomic E-state index is -4.63. The number of nitrogens with two attached hydrogens (primary N) is 1. The lowest BCUT2D eigenvalue weighted by Gasteiger charge is -2.12. The van der Waals surface area contributed by atoms with Crippen molar-refractivity contribution in [3.05, 3.63) is 35.0 Å². The summed E-state index contributed by atoms with van der Waals surface area (Å²) < 4.78 is 41.8. The summed E-state index contributed by atoms with van der Waals surface area (Å²) in [5.74, 6) is 0.0721. The van der Waals surface area contributed by atoms with E-state index in [4.69, 9.17) is 16.2 Å². The van der Waals surface area contributed by atoms with E-state index < -0.39 is 17.3 Å². The molecule has 0 atom stereocenters. The molecule has 1 aliphatic rings. The number of fused-ring (bicyclic) bond motifs is 1. The van der Waals surface area contributed by atoms with Gasteiger partial charge >= 0.3 is 6.18 Å². The van der Waals surface area contributed by atoms with E-state index in [-0.39, 0.29) is 23.7 Å². The number of nitrogens with zero attached hydrogens (tertiary/aromatic N) is 3. The average Bonchev–Trinajstić information content (AvgIpc) is 3.28. The van der Waals surface area contributed by atoms with Gasteiger partial charge < -0.3 is 15.5 Å². The maximum atomic E-state index is 13.4. The summed E-state index contributed by atoms with van der Waals surface area (Å²) in [5.41, 5.74) is 5.23. The van der Waals surface area contributed by atoms with Gasteiger partial charge in [-0.05, 0) is 37.0 Å². The van der Waals surface area contributed by atoms with E-state index in [9.17, 15) is 13.2 Å². The third-order valence-electron chi connectivity index (χ3n) is 3.97. The molecule has 1 aliphatic carbocycles. The van der Waals surface area contributed by atoms with Crippen molar-refractivity contribution in [2.75, 3.05) is 0 Å². The molecule has 0 unspecified atom stereocenters. The Bertz CT molecular complexity index is 841. The molecule has 120 valence electrons. The van der Waals surface area contributed by atoms with Gasteiger partial charge in [-0.2, -0.15) is 18.4 Å². The summed E-state index contributed by atoms with van der Waals surface area (Å²) in [4.78, 5) is 0. The zero-order valence-corrected chi connectivity index (χ0v) is 11.9. The second-order valence-corrected chi connectivity index (χ2v) is 5.55. The van der Waals surface area contributed by atoms with Crippen LogP contribution >= 0.6 is 0 Å². The first-order valence-corrected chi connectivity index (χ1v) is 6.96. The summed E-state index contributed by atoms with van der Waals surface area (Å²) >= 11 is 0. The molecule has 8 heteroatoms. The Morgan fingerprint density at radius 2 is 2.13 bits per heavy atom. The summed E-state index contributed by atoms with van der Waals surface area (Å²) in [6.07, 6.45) is -2.86. The molecule has 1 saturated carbocycles. The Labute approximate surface area is 129 Å². The van der Waals surface area contributed by atoms with Gasteiger partial charge in [0, 0.05) is 16.6 Å². The Morgan fingerprint density at radius 1 is 1.43 bits per heavy atom. The lowest BCUT2D eigenvalue weighted by molar-refractivity contribution is -0.136. The van der Waals surface area contributed by atoms with Crippen LogP contribution in [-0.2, 0) is 12.7 Å². The fourth-order valence-electron chi connectivity index (χ4n) is 2.84. The SMILES string of the molecule is N#Cc1ccc2c(cc(C3CC3)n2C/C(N)=N/O)c1C(F)(F)F. The van der Waals surface area contributed by atoms with E-state index in [1.54, 1.807) is 10.6 Å². The molecule has 0 bridgehead atoms. The normalized spacial score (nSPS) is 15.8. The first-order valence-electron chi connectivity index (χ1n) is 6.96. The molecular formula is C15H13F3N4O. The summed E-state index contributed by atoms with van der Waals surface area (Å²) in [5, 5.41) is 20.6. The summed E-state index contributed by atoms with van der Waals surface area (Å²) in [6.45, 7) is -0.00493. The monoisotopic (exact) mass is 322 g/mol. The quantitative estimate of drug-likeness (QED) is 0.394. The maximum Gasteiger partial charge on any atom is 0.418 e. The van der Waals surface area contributed by atoms with Crippen molar-refractivity contribution in [3.63, 3.8) is 0 Å². The molecule has 23 heavy (non-hydrogen) atoms. The highest BCUT2D eigenvalue weighted by atomic mass is 19.4. The Kier molecular flexibility index (Phi) is 3.43. The molecule has 0 radical (unpaired) electrons. The number of aromatic nitrogens is 1. The molecule has 0 spiro atoms. The van der Waals surface area contributed by atoms with Crippen LogP contribution in [-0.4, -0.2) is 15.6 Å². The van der Waals surface area contributed by atoms with Crippen molar-refractivity contribution >= 4 is 16.7 Å². The van der Waals surface area contributed by atoms with Crippen molar-refractivity contribution in [1.82, 2.24) is 4.57 Å². The van der Waals surface area contributed by atoms with Crippen LogP contribution in [0.5, 0.6) is 0 Å². The van der Waals surface area contributed by atoms with Crippen molar-refractivity contribution in [2.45, 2.75) is 31.5 Å². The number of benzene rings is 1. The molecule has 3 N–H and O–H groups in total. The minimum Gasteiger partial charge on any atom is -0.409 e. The first-order chi connectivity index (χ1) is 10.9. The number of alkyl halides is 3. The first kappa shape index (κ1) is 15.2. The predicted molar refractivity (Wildman–Crippen MR) is 77.0 cm³/mol. The Hall–Kier alpha value is -2.69. The number of hydrogen-bond donors (Lipinski definition) is 2. The Balaban J connectivity index is 2.31. The lowest BCUT2D eigenvalue weighted by Crippen LogP contribution is -2.20. The number of amidine groups is 1. The van der Waals surface area contributed by atoms with Gasteiger partial charge in [0.1, 0.15) is 0 Å². The molecule has 0 amide bonds. The van der Waals surface area contributed by atoms with Gasteiger partial charge in [-0.3, -0.25) is 0 Å². The number of hydrogen-bond acceptors (Lipinski definition) is 3. The largest absolute Gasteiger partial charge is 0.418 e. The molecule has 1 aromatic carbocycles. The van der Waals surface area contributed by atoms with Gasteiger partial charge in [-0.1, -0.05) is 5.16 Å². The summed E-state index contributed by atoms with van der Waals surface area (Å²) in [7, 11) is 0. The van der Waals surface area contributed by atoms with Gasteiger partial charge in [-0.25, -0.2) is 0 Å². The third-order valence-corrected chi connectivity index (χ3v) is 3.97. The zero-order valence-electron chi connectivity index (χ0n) is 11.9. The van der Waals surface area contributed by atoms with Crippen LogP contribution in [0.15, 0.2) is 23.4 Å². The highest BCUT2D eigenvalue weighted by Crippen LogP contribution is 2.45. The van der Waals surface area contributed by atoms with Crippen molar-refractivity contribution in [1.29, 1.82) is 5.26 Å². The average molecular weight is 322 g/mol. The lowest BCUT2D eigenvalue weighted by atomic mass is 10.0. The van der Waals surface area contributed by atoms with E-state index in [1.807, 2.05) is 0 Å². The van der Waals surface area contributed by atoms with Gasteiger partial charge in [-0.15, -0.1) is 0 Å². The van der Waals surface area contributed by atoms with E-state index in [2.05, 4.69) is 5.16 Å². The highest BCUT2D eigenvalue weighted by Gasteiger charge is 2.38. The number of nitriles is 1. The van der Waals surface area contributed by atoms with E-state index in [0.717, 1.165) is 18.9 Å². The number of rotatable bonds is 3. The fourth-order valence-corrected chi connectivity index (χ4v) is 2.84. The summed E-state index contributed by atoms with van der Waals surface area (Å²) in [6, 6.07) is 5.70. The molecule has 5 nitrogen and oxygen atoms in total. The van der Waals surface area contributed by atoms with Crippen molar-refractivity contribution in [3.8, 4) is 6.07 Å². The van der Waals surface area contributed by atoms with Gasteiger partial charge in [0.2, 0.25) is 0 Å². The molecule has 3 rings (SSSR count). The standard InChI is InChI=1S/C15H13F3N4O/c16-15(17,18)14-9(6-19)3-4-11-10(14)5-12(8-1-2-8)22(11)7-13(20)21-23/h3-5,8,23H,1-2,7H2,(H2,20,21). The smallest absolute Gasteiger partial charge is 0.409 e. The van der Waals surface area contributed by atoms with Crippen LogP contribution in [0.2, 0.25) is 0 Å². The predicted octanol–water partition coefficient (Wildman–Crippen LogP) is 3.16. The maximum absolute atomic E-state index is 13.4. The second-order valence-electron chi connectivity index (χ2n) is 5.55. The van der Waals surface area contributed by atoms with E-state index in [0.29, 0.717) is 11.2 Å². The highest BCUT2D eigenvalue weighted by molar-refractivity contribution is 5.90. The number of halogens is 3. The third kappa shape index (κ3) is 2.59. The van der Waals surface area contributed by atoms with Crippen LogP contribution in [0.3, 0.4) is 0 Å². The Morgan fingerprint density at radius 3 is 2.65 bits per heavy atom. The molecule has 2 aromatic rings. The van der Waals surface area contributed by atoms with Gasteiger partial charge in [0.15, 0.2) is 5.84 Å². The number of oxime groups is 1. The van der Waals surface area contributed by atoms with Crippen LogP contribution in [0.25, 0.3) is 10.9 Å². The molecule has 0 aliphatic heterocycles. The van der Waals surface area contributed by atoms with E-state index in [1.165, 1.54) is 12.1 Å². The molecule has 1 heterocycles. The molecule has 1 aromatic heterocycles. The van der Waals surface area contributed by atoms with Crippen LogP contribution < -0.4 is 5.73 Å². The van der Waals surface area contributed by atoms with E-state index >= 15 is 0 Å². The van der Waals surface area contributed by atoms with Crippen LogP contribution in [0, 0.1) is 11.3 Å². The molecule has 1 fully saturated rings. The minimum absolute atomic E-state index is 0.00493. The fraction of sp³-hybridized carbons (Fsp3) is 0.333. The second kappa shape index (κ2) is 5.19. The van der Waals surface area contributed by atoms with Gasteiger partial charge in [0.05, 0.1) is 23.7 Å². The van der Waals surface area contributed by atoms with Crippen molar-refractivity contribution in [2.24, 2.45) is 10.9 Å². The zero-order chi connectivity index (χ0) is 16.8. The molecule has 0 saturated heterocycles. The molecular weight excluding hydrogens is 309 g/mol. The van der Waals surface area contributed by atoms with Crippen LogP contribution in [0.4, 0.5) is 13.2 Å².